The van der Waals surface area contributed by atoms with Crippen LogP contribution in [0, 0.1) is 6.92 Å². The van der Waals surface area contributed by atoms with Crippen molar-refractivity contribution in [1.82, 2.24) is 9.47 Å². The first-order chi connectivity index (χ1) is 11.1. The summed E-state index contributed by atoms with van der Waals surface area (Å²) in [6.45, 7) is 5.09. The van der Waals surface area contributed by atoms with Gasteiger partial charge in [0.15, 0.2) is 0 Å². The summed E-state index contributed by atoms with van der Waals surface area (Å²) >= 11 is 0. The van der Waals surface area contributed by atoms with Crippen molar-refractivity contribution in [2.45, 2.75) is 6.92 Å². The van der Waals surface area contributed by atoms with E-state index in [0.717, 1.165) is 49.0 Å². The highest BCUT2D eigenvalue weighted by atomic mass is 16.5. The highest BCUT2D eigenvalue weighted by Crippen LogP contribution is 2.28. The van der Waals surface area contributed by atoms with Crippen LogP contribution in [-0.4, -0.2) is 48.7 Å². The summed E-state index contributed by atoms with van der Waals surface area (Å²) < 4.78 is 7.39. The fraction of sp³-hybridized carbons (Fsp3) is 0.389. The fourth-order valence-electron chi connectivity index (χ4n) is 3.03. The van der Waals surface area contributed by atoms with E-state index in [2.05, 4.69) is 11.0 Å². The first kappa shape index (κ1) is 15.5. The van der Waals surface area contributed by atoms with Crippen molar-refractivity contribution in [3.8, 4) is 5.75 Å². The number of methoxy groups -OCH3 is 1. The average Bonchev–Trinajstić information content (AvgIpc) is 2.93. The van der Waals surface area contributed by atoms with Crippen molar-refractivity contribution in [2.24, 2.45) is 7.05 Å². The maximum Gasteiger partial charge on any atom is 0.270 e. The third kappa shape index (κ3) is 2.91. The summed E-state index contributed by atoms with van der Waals surface area (Å²) in [5, 5.41) is 0. The van der Waals surface area contributed by atoms with Gasteiger partial charge in [-0.1, -0.05) is 12.1 Å². The lowest BCUT2D eigenvalue weighted by atomic mass is 10.2. The lowest BCUT2D eigenvalue weighted by Gasteiger charge is -2.36. The highest BCUT2D eigenvalue weighted by Gasteiger charge is 2.25. The molecule has 1 saturated heterocycles. The van der Waals surface area contributed by atoms with Gasteiger partial charge in [0.25, 0.3) is 5.91 Å². The van der Waals surface area contributed by atoms with E-state index in [1.165, 1.54) is 0 Å². The number of nitrogens with zero attached hydrogens (tertiary/aromatic N) is 3. The van der Waals surface area contributed by atoms with E-state index in [0.29, 0.717) is 0 Å². The van der Waals surface area contributed by atoms with Crippen LogP contribution in [0.5, 0.6) is 5.75 Å². The number of piperazine rings is 1. The number of hydrogen-bond acceptors (Lipinski definition) is 3. The molecule has 3 rings (SSSR count). The van der Waals surface area contributed by atoms with Crippen LogP contribution < -0.4 is 9.64 Å². The van der Waals surface area contributed by atoms with Crippen LogP contribution in [0.2, 0.25) is 0 Å². The second-order valence-corrected chi connectivity index (χ2v) is 5.87. The lowest BCUT2D eigenvalue weighted by molar-refractivity contribution is 0.0737. The van der Waals surface area contributed by atoms with Crippen molar-refractivity contribution in [3.05, 3.63) is 47.8 Å². The fourth-order valence-corrected chi connectivity index (χ4v) is 3.03. The smallest absolute Gasteiger partial charge is 0.270 e. The van der Waals surface area contributed by atoms with E-state index in [-0.39, 0.29) is 5.91 Å². The zero-order valence-corrected chi connectivity index (χ0v) is 14.0. The summed E-state index contributed by atoms with van der Waals surface area (Å²) in [5.74, 6) is 0.991. The van der Waals surface area contributed by atoms with Crippen molar-refractivity contribution < 1.29 is 9.53 Å². The molecule has 1 aliphatic rings. The molecule has 1 amide bonds. The molecular weight excluding hydrogens is 290 g/mol. The Morgan fingerprint density at radius 1 is 1.04 bits per heavy atom. The van der Waals surface area contributed by atoms with Gasteiger partial charge in [-0.25, -0.2) is 0 Å². The monoisotopic (exact) mass is 313 g/mol. The third-order valence-corrected chi connectivity index (χ3v) is 4.58. The molecule has 0 N–H and O–H groups in total. The number of amides is 1. The Balaban J connectivity index is 1.69. The summed E-state index contributed by atoms with van der Waals surface area (Å²) in [6, 6.07) is 11.9. The van der Waals surface area contributed by atoms with Gasteiger partial charge in [-0.05, 0) is 31.2 Å². The van der Waals surface area contributed by atoms with Crippen molar-refractivity contribution in [2.75, 3.05) is 38.2 Å². The van der Waals surface area contributed by atoms with Gasteiger partial charge in [0.2, 0.25) is 0 Å². The molecule has 2 heterocycles. The highest BCUT2D eigenvalue weighted by molar-refractivity contribution is 5.93. The number of benzene rings is 1. The van der Waals surface area contributed by atoms with Crippen LogP contribution in [0.3, 0.4) is 0 Å². The molecule has 1 fully saturated rings. The molecule has 5 nitrogen and oxygen atoms in total. The van der Waals surface area contributed by atoms with Gasteiger partial charge in [-0.3, -0.25) is 4.79 Å². The van der Waals surface area contributed by atoms with Gasteiger partial charge in [0, 0.05) is 38.9 Å². The number of para-hydroxylation sites is 2. The van der Waals surface area contributed by atoms with E-state index in [4.69, 9.17) is 4.74 Å². The van der Waals surface area contributed by atoms with Gasteiger partial charge in [0.1, 0.15) is 11.4 Å². The largest absolute Gasteiger partial charge is 0.495 e. The SMILES string of the molecule is COc1ccccc1N1CCN(C(=O)c2ccc(C)n2C)CC1. The van der Waals surface area contributed by atoms with E-state index in [9.17, 15) is 4.79 Å². The normalized spacial score (nSPS) is 14.9. The van der Waals surface area contributed by atoms with Gasteiger partial charge in [0.05, 0.1) is 12.8 Å². The Labute approximate surface area is 137 Å². The Hall–Kier alpha value is -2.43. The molecule has 1 aliphatic heterocycles. The number of anilines is 1. The van der Waals surface area contributed by atoms with Crippen LogP contribution in [-0.2, 0) is 7.05 Å². The molecule has 0 spiro atoms. The van der Waals surface area contributed by atoms with E-state index >= 15 is 0 Å². The second kappa shape index (κ2) is 6.36. The summed E-state index contributed by atoms with van der Waals surface area (Å²) in [6.07, 6.45) is 0. The molecule has 23 heavy (non-hydrogen) atoms. The number of hydrogen-bond donors (Lipinski definition) is 0. The minimum Gasteiger partial charge on any atom is -0.495 e. The molecule has 1 aromatic heterocycles. The minimum absolute atomic E-state index is 0.111. The van der Waals surface area contributed by atoms with Gasteiger partial charge in [-0.2, -0.15) is 0 Å². The maximum atomic E-state index is 12.7. The lowest BCUT2D eigenvalue weighted by Crippen LogP contribution is -2.49. The number of carbonyl (C=O) groups is 1. The quantitative estimate of drug-likeness (QED) is 0.873. The van der Waals surface area contributed by atoms with Crippen molar-refractivity contribution in [3.63, 3.8) is 0 Å². The molecule has 0 radical (unpaired) electrons. The van der Waals surface area contributed by atoms with E-state index in [1.807, 2.05) is 53.8 Å². The predicted molar refractivity (Wildman–Crippen MR) is 91.3 cm³/mol. The topological polar surface area (TPSA) is 37.7 Å². The molecule has 0 atom stereocenters. The van der Waals surface area contributed by atoms with Crippen LogP contribution in [0.1, 0.15) is 16.2 Å². The van der Waals surface area contributed by atoms with Gasteiger partial charge >= 0.3 is 0 Å². The Morgan fingerprint density at radius 2 is 1.74 bits per heavy atom. The van der Waals surface area contributed by atoms with E-state index in [1.54, 1.807) is 7.11 Å². The Kier molecular flexibility index (Phi) is 4.28. The molecule has 122 valence electrons. The minimum atomic E-state index is 0.111. The number of rotatable bonds is 3. The Bertz CT molecular complexity index is 700. The zero-order valence-electron chi connectivity index (χ0n) is 14.0. The van der Waals surface area contributed by atoms with Crippen LogP contribution in [0.4, 0.5) is 5.69 Å². The maximum absolute atomic E-state index is 12.7. The van der Waals surface area contributed by atoms with Crippen molar-refractivity contribution >= 4 is 11.6 Å². The first-order valence-electron chi connectivity index (χ1n) is 7.91. The van der Waals surface area contributed by atoms with Crippen LogP contribution in [0.25, 0.3) is 0 Å². The second-order valence-electron chi connectivity index (χ2n) is 5.87. The van der Waals surface area contributed by atoms with Crippen LogP contribution in [0.15, 0.2) is 36.4 Å². The molecule has 5 heteroatoms. The third-order valence-electron chi connectivity index (χ3n) is 4.58. The molecule has 0 aliphatic carbocycles. The van der Waals surface area contributed by atoms with Crippen molar-refractivity contribution in [1.29, 1.82) is 0 Å². The molecule has 0 bridgehead atoms. The molecular formula is C18H23N3O2. The average molecular weight is 313 g/mol. The zero-order chi connectivity index (χ0) is 16.4. The summed E-state index contributed by atoms with van der Waals surface area (Å²) in [4.78, 5) is 16.9. The molecule has 0 saturated carbocycles. The number of ether oxygens (including phenoxy) is 1. The number of aryl methyl sites for hydroxylation is 1. The molecule has 1 aromatic carbocycles. The molecule has 0 unspecified atom stereocenters. The van der Waals surface area contributed by atoms with E-state index < -0.39 is 0 Å². The van der Waals surface area contributed by atoms with Gasteiger partial charge in [-0.15, -0.1) is 0 Å². The number of carbonyl (C=O) groups excluding carboxylic acids is 1. The number of aromatic nitrogens is 1. The first-order valence-corrected chi connectivity index (χ1v) is 7.91. The molecule has 2 aromatic rings. The van der Waals surface area contributed by atoms with Crippen LogP contribution >= 0.6 is 0 Å². The summed E-state index contributed by atoms with van der Waals surface area (Å²) in [5.41, 5.74) is 2.95. The Morgan fingerprint density at radius 3 is 2.35 bits per heavy atom. The predicted octanol–water partition coefficient (Wildman–Crippen LogP) is 2.30. The summed E-state index contributed by atoms with van der Waals surface area (Å²) in [7, 11) is 3.63. The van der Waals surface area contributed by atoms with Gasteiger partial charge < -0.3 is 19.1 Å². The standard InChI is InChI=1S/C18H23N3O2/c1-14-8-9-16(19(14)2)18(22)21-12-10-20(11-13-21)15-6-4-5-7-17(15)23-3/h4-9H,10-13H2,1-3H3.